The molecular weight excluding hydrogens is 462 g/mol. The quantitative estimate of drug-likeness (QED) is 0.440. The van der Waals surface area contributed by atoms with Gasteiger partial charge in [0.2, 0.25) is 21.8 Å². The molecule has 1 fully saturated rings. The van der Waals surface area contributed by atoms with E-state index >= 15 is 0 Å². The van der Waals surface area contributed by atoms with Crippen LogP contribution in [0.5, 0.6) is 0 Å². The second-order valence-electron chi connectivity index (χ2n) is 9.70. The highest BCUT2D eigenvalue weighted by Crippen LogP contribution is 2.22. The Morgan fingerprint density at radius 3 is 2.23 bits per heavy atom. The van der Waals surface area contributed by atoms with E-state index in [4.69, 9.17) is 0 Å². The van der Waals surface area contributed by atoms with Gasteiger partial charge in [-0.25, -0.2) is 13.1 Å². The summed E-state index contributed by atoms with van der Waals surface area (Å²) in [6.07, 6.45) is 3.33. The number of rotatable bonds is 13. The van der Waals surface area contributed by atoms with Crippen LogP contribution in [0.25, 0.3) is 0 Å². The van der Waals surface area contributed by atoms with Crippen molar-refractivity contribution in [3.63, 3.8) is 0 Å². The molecule has 2 aromatic carbocycles. The lowest BCUT2D eigenvalue weighted by Gasteiger charge is -2.29. The van der Waals surface area contributed by atoms with E-state index in [1.54, 1.807) is 36.1 Å². The van der Waals surface area contributed by atoms with Crippen LogP contribution in [0.15, 0.2) is 59.5 Å². The molecule has 0 radical (unpaired) electrons. The molecule has 0 bridgehead atoms. The molecule has 2 N–H and O–H groups in total. The van der Waals surface area contributed by atoms with Gasteiger partial charge in [0.25, 0.3) is 0 Å². The van der Waals surface area contributed by atoms with E-state index in [0.717, 1.165) is 30.4 Å². The number of nitrogens with zero attached hydrogens (tertiary/aromatic N) is 1. The zero-order valence-electron chi connectivity index (χ0n) is 20.9. The zero-order chi connectivity index (χ0) is 25.4. The molecule has 1 saturated carbocycles. The first-order chi connectivity index (χ1) is 16.7. The average molecular weight is 500 g/mol. The van der Waals surface area contributed by atoms with Crippen LogP contribution in [-0.4, -0.2) is 43.8 Å². The number of nitrogens with one attached hydrogen (secondary N) is 2. The van der Waals surface area contributed by atoms with Crippen molar-refractivity contribution in [2.24, 2.45) is 5.92 Å². The van der Waals surface area contributed by atoms with E-state index in [1.807, 2.05) is 30.3 Å². The molecule has 7 nitrogen and oxygen atoms in total. The van der Waals surface area contributed by atoms with Crippen LogP contribution >= 0.6 is 0 Å². The van der Waals surface area contributed by atoms with Crippen molar-refractivity contribution in [1.29, 1.82) is 0 Å². The van der Waals surface area contributed by atoms with Crippen LogP contribution in [-0.2, 0) is 32.6 Å². The summed E-state index contributed by atoms with van der Waals surface area (Å²) in [5, 5.41) is 2.95. The second kappa shape index (κ2) is 12.3. The van der Waals surface area contributed by atoms with Crippen molar-refractivity contribution >= 4 is 21.8 Å². The summed E-state index contributed by atoms with van der Waals surface area (Å²) >= 11 is 0. The van der Waals surface area contributed by atoms with Crippen LogP contribution in [0, 0.1) is 5.92 Å². The summed E-state index contributed by atoms with van der Waals surface area (Å²) in [5.74, 6) is 0.207. The number of carbonyl (C=O) groups excluding carboxylic acids is 2. The standard InChI is InChI=1S/C27H37N3O4S/c1-20(2)17-18-28-27(32)21(3)30(19-23-7-5-4-6-8-23)26(31)16-11-22-9-14-25(15-10-22)35(33,34)29-24-12-13-24/h4-10,14-15,20-21,24,29H,11-13,16-19H2,1-3H3,(H,28,32)/t21-/m1/s1. The highest BCUT2D eigenvalue weighted by molar-refractivity contribution is 7.89. The maximum absolute atomic E-state index is 13.2. The molecule has 8 heteroatoms. The maximum Gasteiger partial charge on any atom is 0.242 e. The Hall–Kier alpha value is -2.71. The lowest BCUT2D eigenvalue weighted by molar-refractivity contribution is -0.140. The van der Waals surface area contributed by atoms with Gasteiger partial charge >= 0.3 is 0 Å². The first-order valence-corrected chi connectivity index (χ1v) is 13.9. The minimum absolute atomic E-state index is 0.0532. The Bertz CT molecular complexity index is 1080. The third kappa shape index (κ3) is 8.47. The number of aryl methyl sites for hydroxylation is 1. The van der Waals surface area contributed by atoms with Crippen molar-refractivity contribution in [2.45, 2.75) is 76.4 Å². The third-order valence-electron chi connectivity index (χ3n) is 6.14. The normalized spacial score (nSPS) is 14.5. The summed E-state index contributed by atoms with van der Waals surface area (Å²) in [5.41, 5.74) is 1.83. The zero-order valence-corrected chi connectivity index (χ0v) is 21.7. The number of sulfonamides is 1. The molecule has 1 atom stereocenters. The fraction of sp³-hybridized carbons (Fsp3) is 0.481. The van der Waals surface area contributed by atoms with Crippen LogP contribution in [0.2, 0.25) is 0 Å². The van der Waals surface area contributed by atoms with E-state index in [0.29, 0.717) is 25.4 Å². The van der Waals surface area contributed by atoms with E-state index in [1.165, 1.54) is 0 Å². The third-order valence-corrected chi connectivity index (χ3v) is 7.68. The number of hydrogen-bond acceptors (Lipinski definition) is 4. The minimum atomic E-state index is -3.50. The smallest absolute Gasteiger partial charge is 0.242 e. The van der Waals surface area contributed by atoms with E-state index < -0.39 is 16.1 Å². The van der Waals surface area contributed by atoms with Crippen molar-refractivity contribution in [2.75, 3.05) is 6.54 Å². The van der Waals surface area contributed by atoms with Gasteiger partial charge in [0.1, 0.15) is 6.04 Å². The molecule has 3 rings (SSSR count). The van der Waals surface area contributed by atoms with Crippen LogP contribution in [0.3, 0.4) is 0 Å². The van der Waals surface area contributed by atoms with E-state index in [-0.39, 0.29) is 29.2 Å². The second-order valence-corrected chi connectivity index (χ2v) is 11.4. The Morgan fingerprint density at radius 1 is 0.971 bits per heavy atom. The number of amides is 2. The molecule has 0 heterocycles. The van der Waals surface area contributed by atoms with Gasteiger partial charge in [0, 0.05) is 25.6 Å². The summed E-state index contributed by atoms with van der Waals surface area (Å²) in [6.45, 7) is 6.90. The van der Waals surface area contributed by atoms with Crippen LogP contribution in [0.1, 0.15) is 57.6 Å². The van der Waals surface area contributed by atoms with Crippen LogP contribution in [0.4, 0.5) is 0 Å². The van der Waals surface area contributed by atoms with Crippen molar-refractivity contribution in [1.82, 2.24) is 14.9 Å². The number of carbonyl (C=O) groups is 2. The fourth-order valence-corrected chi connectivity index (χ4v) is 5.02. The molecule has 0 spiro atoms. The van der Waals surface area contributed by atoms with Crippen LogP contribution < -0.4 is 10.0 Å². The van der Waals surface area contributed by atoms with E-state index in [2.05, 4.69) is 23.9 Å². The van der Waals surface area contributed by atoms with Gasteiger partial charge in [-0.2, -0.15) is 0 Å². The van der Waals surface area contributed by atoms with Crippen molar-refractivity contribution in [3.05, 3.63) is 65.7 Å². The van der Waals surface area contributed by atoms with Gasteiger partial charge in [-0.15, -0.1) is 0 Å². The number of benzene rings is 2. The SMILES string of the molecule is CC(C)CCNC(=O)[C@@H](C)N(Cc1ccccc1)C(=O)CCc1ccc(S(=O)(=O)NC2CC2)cc1. The molecule has 1 aliphatic rings. The topological polar surface area (TPSA) is 95.6 Å². The van der Waals surface area contributed by atoms with Gasteiger partial charge in [0.15, 0.2) is 0 Å². The Morgan fingerprint density at radius 2 is 1.63 bits per heavy atom. The molecule has 190 valence electrons. The molecule has 35 heavy (non-hydrogen) atoms. The van der Waals surface area contributed by atoms with E-state index in [9.17, 15) is 18.0 Å². The monoisotopic (exact) mass is 499 g/mol. The molecule has 0 unspecified atom stereocenters. The molecule has 2 amide bonds. The van der Waals surface area contributed by atoms with Crippen molar-refractivity contribution in [3.8, 4) is 0 Å². The highest BCUT2D eigenvalue weighted by Gasteiger charge is 2.28. The lowest BCUT2D eigenvalue weighted by Crippen LogP contribution is -2.48. The Kier molecular flexibility index (Phi) is 9.46. The largest absolute Gasteiger partial charge is 0.354 e. The van der Waals surface area contributed by atoms with Gasteiger partial charge in [-0.3, -0.25) is 9.59 Å². The van der Waals surface area contributed by atoms with Crippen molar-refractivity contribution < 1.29 is 18.0 Å². The highest BCUT2D eigenvalue weighted by atomic mass is 32.2. The van der Waals surface area contributed by atoms with Gasteiger partial charge in [-0.05, 0) is 61.8 Å². The van der Waals surface area contributed by atoms with Gasteiger partial charge < -0.3 is 10.2 Å². The first kappa shape index (κ1) is 26.9. The molecule has 2 aromatic rings. The predicted octanol–water partition coefficient (Wildman–Crippen LogP) is 3.64. The Labute approximate surface area is 209 Å². The maximum atomic E-state index is 13.2. The molecule has 0 saturated heterocycles. The minimum Gasteiger partial charge on any atom is -0.354 e. The molecule has 0 aliphatic heterocycles. The predicted molar refractivity (Wildman–Crippen MR) is 137 cm³/mol. The molecule has 0 aromatic heterocycles. The number of hydrogen-bond donors (Lipinski definition) is 2. The Balaban J connectivity index is 1.63. The summed E-state index contributed by atoms with van der Waals surface area (Å²) in [6, 6.07) is 15.7. The molecular formula is C27H37N3O4S. The molecule has 1 aliphatic carbocycles. The average Bonchev–Trinajstić information content (AvgIpc) is 3.64. The summed E-state index contributed by atoms with van der Waals surface area (Å²) in [4.78, 5) is 27.9. The summed E-state index contributed by atoms with van der Waals surface area (Å²) < 4.78 is 27.4. The van der Waals surface area contributed by atoms with Gasteiger partial charge in [0.05, 0.1) is 4.90 Å². The van der Waals surface area contributed by atoms with Gasteiger partial charge in [-0.1, -0.05) is 56.3 Å². The first-order valence-electron chi connectivity index (χ1n) is 12.4. The lowest BCUT2D eigenvalue weighted by atomic mass is 10.1. The summed E-state index contributed by atoms with van der Waals surface area (Å²) in [7, 11) is -3.50. The fourth-order valence-electron chi connectivity index (χ4n) is 3.71.